The molecule has 1 aliphatic heterocycles. The molecule has 25 heavy (non-hydrogen) atoms. The lowest BCUT2D eigenvalue weighted by atomic mass is 10.1. The van der Waals surface area contributed by atoms with Crippen LogP contribution < -0.4 is 14.8 Å². The summed E-state index contributed by atoms with van der Waals surface area (Å²) in [5, 5.41) is 2.82. The van der Waals surface area contributed by atoms with Gasteiger partial charge >= 0.3 is 0 Å². The van der Waals surface area contributed by atoms with Gasteiger partial charge in [0.05, 0.1) is 13.2 Å². The van der Waals surface area contributed by atoms with E-state index in [9.17, 15) is 9.59 Å². The molecule has 0 bridgehead atoms. The summed E-state index contributed by atoms with van der Waals surface area (Å²) < 4.78 is 11.2. The molecule has 3 rings (SSSR count). The Morgan fingerprint density at radius 3 is 2.24 bits per heavy atom. The number of hydrogen-bond donors (Lipinski definition) is 1. The van der Waals surface area contributed by atoms with Gasteiger partial charge in [-0.05, 0) is 42.5 Å². The van der Waals surface area contributed by atoms with E-state index < -0.39 is 0 Å². The van der Waals surface area contributed by atoms with Crippen molar-refractivity contribution in [1.29, 1.82) is 0 Å². The quantitative estimate of drug-likeness (QED) is 0.933. The Hall–Kier alpha value is -3.02. The smallest absolute Gasteiger partial charge is 0.255 e. The van der Waals surface area contributed by atoms with E-state index in [1.165, 1.54) is 4.90 Å². The van der Waals surface area contributed by atoms with Crippen LogP contribution in [0.2, 0.25) is 0 Å². The van der Waals surface area contributed by atoms with Crippen molar-refractivity contribution < 1.29 is 19.1 Å². The van der Waals surface area contributed by atoms with Crippen LogP contribution >= 0.6 is 0 Å². The second kappa shape index (κ2) is 7.25. The number of benzene rings is 2. The fourth-order valence-electron chi connectivity index (χ4n) is 2.46. The predicted molar refractivity (Wildman–Crippen MR) is 94.5 cm³/mol. The van der Waals surface area contributed by atoms with Gasteiger partial charge in [0.2, 0.25) is 0 Å². The number of ether oxygens (including phenoxy) is 2. The first-order valence-corrected chi connectivity index (χ1v) is 8.07. The molecule has 6 nitrogen and oxygen atoms in total. The van der Waals surface area contributed by atoms with Gasteiger partial charge in [-0.2, -0.15) is 0 Å². The molecule has 1 heterocycles. The lowest BCUT2D eigenvalue weighted by Gasteiger charge is -2.12. The molecule has 0 fully saturated rings. The van der Waals surface area contributed by atoms with E-state index in [-0.39, 0.29) is 11.8 Å². The lowest BCUT2D eigenvalue weighted by molar-refractivity contribution is 0.0827. The van der Waals surface area contributed by atoms with Crippen molar-refractivity contribution in [3.8, 4) is 11.5 Å². The zero-order chi connectivity index (χ0) is 17.8. The second-order valence-electron chi connectivity index (χ2n) is 5.94. The summed E-state index contributed by atoms with van der Waals surface area (Å²) in [7, 11) is 3.39. The number of hydrogen-bond acceptors (Lipinski definition) is 4. The molecule has 0 aromatic heterocycles. The third-order valence-electron chi connectivity index (χ3n) is 3.81. The Labute approximate surface area is 146 Å². The number of amides is 2. The summed E-state index contributed by atoms with van der Waals surface area (Å²) in [4.78, 5) is 25.8. The third kappa shape index (κ3) is 3.91. The molecule has 130 valence electrons. The van der Waals surface area contributed by atoms with E-state index in [4.69, 9.17) is 9.47 Å². The highest BCUT2D eigenvalue weighted by molar-refractivity contribution is 6.05. The van der Waals surface area contributed by atoms with Gasteiger partial charge in [-0.15, -0.1) is 0 Å². The number of nitrogens with zero attached hydrogens (tertiary/aromatic N) is 1. The van der Waals surface area contributed by atoms with Gasteiger partial charge in [0.25, 0.3) is 11.8 Å². The second-order valence-corrected chi connectivity index (χ2v) is 5.94. The molecular weight excluding hydrogens is 320 g/mol. The van der Waals surface area contributed by atoms with Crippen LogP contribution in [-0.2, 0) is 0 Å². The maximum absolute atomic E-state index is 12.4. The Bertz CT molecular complexity index is 785. The van der Waals surface area contributed by atoms with Crippen molar-refractivity contribution in [2.24, 2.45) is 0 Å². The minimum Gasteiger partial charge on any atom is -0.490 e. The minimum atomic E-state index is -0.248. The number of anilines is 1. The van der Waals surface area contributed by atoms with Gasteiger partial charge in [0.1, 0.15) is 0 Å². The molecule has 0 saturated carbocycles. The first-order valence-electron chi connectivity index (χ1n) is 8.07. The highest BCUT2D eigenvalue weighted by atomic mass is 16.5. The van der Waals surface area contributed by atoms with Crippen LogP contribution in [0.15, 0.2) is 42.5 Å². The van der Waals surface area contributed by atoms with Crippen LogP contribution in [0.25, 0.3) is 0 Å². The normalized spacial score (nSPS) is 12.9. The number of carbonyl (C=O) groups excluding carboxylic acids is 2. The average Bonchev–Trinajstić information content (AvgIpc) is 2.86. The molecule has 2 aromatic carbocycles. The van der Waals surface area contributed by atoms with Gasteiger partial charge in [-0.1, -0.05) is 0 Å². The molecule has 2 aromatic rings. The van der Waals surface area contributed by atoms with Crippen molar-refractivity contribution in [2.75, 3.05) is 32.6 Å². The molecule has 2 amide bonds. The number of carbonyl (C=O) groups is 2. The van der Waals surface area contributed by atoms with E-state index in [0.717, 1.165) is 6.42 Å². The third-order valence-corrected chi connectivity index (χ3v) is 3.81. The summed E-state index contributed by atoms with van der Waals surface area (Å²) in [5.41, 5.74) is 1.67. The molecule has 0 aliphatic carbocycles. The van der Waals surface area contributed by atoms with Gasteiger partial charge in [0.15, 0.2) is 11.5 Å². The highest BCUT2D eigenvalue weighted by Crippen LogP contribution is 2.30. The molecule has 0 unspecified atom stereocenters. The zero-order valence-corrected chi connectivity index (χ0v) is 14.2. The molecule has 0 radical (unpaired) electrons. The van der Waals surface area contributed by atoms with Gasteiger partial charge in [-0.3, -0.25) is 9.59 Å². The van der Waals surface area contributed by atoms with Crippen molar-refractivity contribution in [2.45, 2.75) is 6.42 Å². The Kier molecular flexibility index (Phi) is 4.88. The minimum absolute atomic E-state index is 0.0826. The summed E-state index contributed by atoms with van der Waals surface area (Å²) in [5.74, 6) is 0.904. The first kappa shape index (κ1) is 16.8. The van der Waals surface area contributed by atoms with E-state index >= 15 is 0 Å². The van der Waals surface area contributed by atoms with E-state index in [2.05, 4.69) is 5.32 Å². The predicted octanol–water partition coefficient (Wildman–Crippen LogP) is 2.80. The van der Waals surface area contributed by atoms with Gasteiger partial charge < -0.3 is 19.7 Å². The Morgan fingerprint density at radius 2 is 1.56 bits per heavy atom. The zero-order valence-electron chi connectivity index (χ0n) is 14.2. The first-order chi connectivity index (χ1) is 12.0. The Morgan fingerprint density at radius 1 is 0.920 bits per heavy atom. The number of fused-ring (bicyclic) bond motifs is 1. The molecule has 1 N–H and O–H groups in total. The standard InChI is InChI=1S/C19H20N2O4/c1-21(2)19(23)13-4-7-15(8-5-13)20-18(22)14-6-9-16-17(12-14)25-11-3-10-24-16/h4-9,12H,3,10-11H2,1-2H3,(H,20,22). The molecule has 0 saturated heterocycles. The topological polar surface area (TPSA) is 67.9 Å². The summed E-state index contributed by atoms with van der Waals surface area (Å²) in [6, 6.07) is 11.9. The average molecular weight is 340 g/mol. The van der Waals surface area contributed by atoms with Crippen LogP contribution in [0.3, 0.4) is 0 Å². The lowest BCUT2D eigenvalue weighted by Crippen LogP contribution is -2.21. The van der Waals surface area contributed by atoms with Crippen LogP contribution in [-0.4, -0.2) is 44.0 Å². The van der Waals surface area contributed by atoms with Crippen molar-refractivity contribution >= 4 is 17.5 Å². The fraction of sp³-hybridized carbons (Fsp3) is 0.263. The molecular formula is C19H20N2O4. The largest absolute Gasteiger partial charge is 0.490 e. The maximum Gasteiger partial charge on any atom is 0.255 e. The maximum atomic E-state index is 12.4. The molecule has 0 atom stereocenters. The van der Waals surface area contributed by atoms with Crippen molar-refractivity contribution in [3.05, 3.63) is 53.6 Å². The van der Waals surface area contributed by atoms with Gasteiger partial charge in [0, 0.05) is 37.3 Å². The summed E-state index contributed by atoms with van der Waals surface area (Å²) >= 11 is 0. The van der Waals surface area contributed by atoms with Crippen LogP contribution in [0.5, 0.6) is 11.5 Å². The monoisotopic (exact) mass is 340 g/mol. The SMILES string of the molecule is CN(C)C(=O)c1ccc(NC(=O)c2ccc3c(c2)OCCCO3)cc1. The van der Waals surface area contributed by atoms with Crippen molar-refractivity contribution in [3.63, 3.8) is 0 Å². The summed E-state index contributed by atoms with van der Waals surface area (Å²) in [6.07, 6.45) is 0.814. The molecule has 0 spiro atoms. The van der Waals surface area contributed by atoms with Crippen molar-refractivity contribution in [1.82, 2.24) is 4.90 Å². The van der Waals surface area contributed by atoms with Crippen LogP contribution in [0, 0.1) is 0 Å². The summed E-state index contributed by atoms with van der Waals surface area (Å²) in [6.45, 7) is 1.18. The number of nitrogens with one attached hydrogen (secondary N) is 1. The molecule has 6 heteroatoms. The Balaban J connectivity index is 1.72. The van der Waals surface area contributed by atoms with Crippen LogP contribution in [0.4, 0.5) is 5.69 Å². The van der Waals surface area contributed by atoms with Crippen LogP contribution in [0.1, 0.15) is 27.1 Å². The van der Waals surface area contributed by atoms with Gasteiger partial charge in [-0.25, -0.2) is 0 Å². The van der Waals surface area contributed by atoms with E-state index in [1.807, 2.05) is 0 Å². The fourth-order valence-corrected chi connectivity index (χ4v) is 2.46. The number of rotatable bonds is 3. The van der Waals surface area contributed by atoms with E-state index in [1.54, 1.807) is 56.6 Å². The van der Waals surface area contributed by atoms with E-state index in [0.29, 0.717) is 41.5 Å². The molecule has 1 aliphatic rings. The highest BCUT2D eigenvalue weighted by Gasteiger charge is 2.14.